The van der Waals surface area contributed by atoms with Crippen molar-refractivity contribution in [3.8, 4) is 5.88 Å². The summed E-state index contributed by atoms with van der Waals surface area (Å²) in [5.74, 6) is -0.0497. The van der Waals surface area contributed by atoms with Crippen LogP contribution < -0.4 is 4.74 Å². The fourth-order valence-corrected chi connectivity index (χ4v) is 3.75. The molecule has 3 aliphatic carbocycles. The number of carbonyl (C=O) groups is 1. The van der Waals surface area contributed by atoms with Crippen LogP contribution in [0.3, 0.4) is 0 Å². The summed E-state index contributed by atoms with van der Waals surface area (Å²) in [6.07, 6.45) is 5.70. The molecular weight excluding hydrogens is 268 g/mol. The van der Waals surface area contributed by atoms with Crippen molar-refractivity contribution in [3.05, 3.63) is 12.3 Å². The van der Waals surface area contributed by atoms with E-state index in [4.69, 9.17) is 10.8 Å². The maximum Gasteiger partial charge on any atom is 0.435 e. The normalized spacial score (nSPS) is 26.3. The van der Waals surface area contributed by atoms with Crippen molar-refractivity contribution in [1.82, 2.24) is 9.78 Å². The van der Waals surface area contributed by atoms with Crippen LogP contribution in [0, 0.1) is 16.7 Å². The molecule has 0 atom stereocenters. The third-order valence-electron chi connectivity index (χ3n) is 5.02. The number of hydrogen-bond acceptors (Lipinski definition) is 4. The summed E-state index contributed by atoms with van der Waals surface area (Å²) >= 11 is 0. The van der Waals surface area contributed by atoms with Crippen molar-refractivity contribution in [2.75, 3.05) is 6.61 Å². The van der Waals surface area contributed by atoms with Gasteiger partial charge in [-0.3, -0.25) is 0 Å². The van der Waals surface area contributed by atoms with E-state index in [1.54, 1.807) is 6.07 Å². The molecule has 4 rings (SSSR count). The van der Waals surface area contributed by atoms with Gasteiger partial charge in [0.2, 0.25) is 5.88 Å². The Labute approximate surface area is 126 Å². The highest BCUT2D eigenvalue weighted by Gasteiger charge is 2.86. The molecule has 1 aromatic heterocycles. The third-order valence-corrected chi connectivity index (χ3v) is 5.02. The fraction of sp³-hybridized carbons (Fsp3) is 0.750. The zero-order valence-corrected chi connectivity index (χ0v) is 12.8. The van der Waals surface area contributed by atoms with E-state index < -0.39 is 17.6 Å². The average molecular weight is 291 g/mol. The third kappa shape index (κ3) is 1.97. The lowest BCUT2D eigenvalue weighted by Crippen LogP contribution is -2.27. The minimum atomic E-state index is -0.556. The van der Waals surface area contributed by atoms with Gasteiger partial charge in [-0.25, -0.2) is 4.79 Å². The maximum absolute atomic E-state index is 11.9. The number of ether oxygens (including phenoxy) is 2. The summed E-state index contributed by atoms with van der Waals surface area (Å²) in [6.45, 7) is 5.81. The quantitative estimate of drug-likeness (QED) is 0.858. The summed E-state index contributed by atoms with van der Waals surface area (Å²) in [6, 6.07) is 1.65. The lowest BCUT2D eigenvalue weighted by molar-refractivity contribution is 0.0511. The van der Waals surface area contributed by atoms with E-state index in [0.29, 0.717) is 12.5 Å². The monoisotopic (exact) mass is 291 g/mol. The van der Waals surface area contributed by atoms with Crippen molar-refractivity contribution in [3.63, 3.8) is 0 Å². The van der Waals surface area contributed by atoms with E-state index in [1.807, 2.05) is 20.8 Å². The molecular formula is C16H22N2O3. The topological polar surface area (TPSA) is 53.4 Å². The second kappa shape index (κ2) is 3.81. The van der Waals surface area contributed by atoms with Gasteiger partial charge in [0.05, 0.1) is 6.61 Å². The first-order chi connectivity index (χ1) is 10.2. The molecule has 5 heteroatoms. The highest BCUT2D eigenvalue weighted by atomic mass is 16.6. The predicted molar refractivity (Wildman–Crippen MR) is 76.2 cm³/mol. The number of fused-ring (bicyclic) bond motifs is 1. The van der Waals surface area contributed by atoms with Crippen LogP contribution in [0.1, 0.15) is 47.8 Å². The van der Waals surface area contributed by atoms with Crippen LogP contribution in [0.2, 0.25) is 0 Å². The van der Waals surface area contributed by atoms with E-state index in [-0.39, 0.29) is 10.8 Å². The molecule has 0 saturated heterocycles. The van der Waals surface area contributed by atoms with Gasteiger partial charge >= 0.3 is 6.09 Å². The summed E-state index contributed by atoms with van der Waals surface area (Å²) in [5, 5.41) is 4.10. The largest absolute Gasteiger partial charge is 0.476 e. The Balaban J connectivity index is 1.38. The number of carbonyl (C=O) groups excluding carboxylic acids is 1. The van der Waals surface area contributed by atoms with Crippen LogP contribution in [0.4, 0.5) is 4.79 Å². The Bertz CT molecular complexity index is 620. The van der Waals surface area contributed by atoms with Crippen molar-refractivity contribution in [2.24, 2.45) is 16.7 Å². The van der Waals surface area contributed by atoms with Crippen molar-refractivity contribution < 1.29 is 15.6 Å². The Hall–Kier alpha value is -1.52. The van der Waals surface area contributed by atoms with E-state index in [0.717, 1.165) is 4.68 Å². The molecule has 3 aliphatic rings. The van der Waals surface area contributed by atoms with Crippen LogP contribution >= 0.6 is 0 Å². The SMILES string of the molecule is [2H]C1(COc2ccn(C(=O)OC(C)(C)C)n2)C2(CC2)C12CC2. The fourth-order valence-electron chi connectivity index (χ4n) is 3.75. The van der Waals surface area contributed by atoms with E-state index in [1.165, 1.54) is 31.9 Å². The highest BCUT2D eigenvalue weighted by Crippen LogP contribution is 2.92. The summed E-state index contributed by atoms with van der Waals surface area (Å²) in [5.41, 5.74) is -0.0680. The van der Waals surface area contributed by atoms with Gasteiger partial charge in [-0.15, -0.1) is 5.10 Å². The van der Waals surface area contributed by atoms with Crippen LogP contribution in [0.5, 0.6) is 5.88 Å². The van der Waals surface area contributed by atoms with Crippen molar-refractivity contribution in [2.45, 2.75) is 52.1 Å². The van der Waals surface area contributed by atoms with Gasteiger partial charge in [0.25, 0.3) is 0 Å². The molecule has 1 aromatic rings. The molecule has 114 valence electrons. The first kappa shape index (κ1) is 12.1. The number of hydrogen-bond donors (Lipinski definition) is 0. The average Bonchev–Trinajstić information content (AvgIpc) is 3.32. The summed E-state index contributed by atoms with van der Waals surface area (Å²) < 4.78 is 20.8. The zero-order chi connectivity index (χ0) is 15.8. The molecule has 5 nitrogen and oxygen atoms in total. The van der Waals surface area contributed by atoms with Gasteiger partial charge in [-0.1, -0.05) is 0 Å². The minimum absolute atomic E-state index is 0.244. The van der Waals surface area contributed by atoms with Gasteiger partial charge < -0.3 is 9.47 Å². The Morgan fingerprint density at radius 3 is 2.57 bits per heavy atom. The number of rotatable bonds is 3. The highest BCUT2D eigenvalue weighted by molar-refractivity contribution is 5.69. The molecule has 0 unspecified atom stereocenters. The van der Waals surface area contributed by atoms with Crippen LogP contribution in [0.15, 0.2) is 12.3 Å². The summed E-state index contributed by atoms with van der Waals surface area (Å²) in [4.78, 5) is 11.9. The van der Waals surface area contributed by atoms with Gasteiger partial charge in [-0.2, -0.15) is 4.68 Å². The maximum atomic E-state index is 11.9. The molecule has 0 N–H and O–H groups in total. The Kier molecular flexibility index (Phi) is 2.19. The smallest absolute Gasteiger partial charge is 0.435 e. The van der Waals surface area contributed by atoms with Gasteiger partial charge in [0.15, 0.2) is 0 Å². The summed E-state index contributed by atoms with van der Waals surface area (Å²) in [7, 11) is 0. The van der Waals surface area contributed by atoms with Gasteiger partial charge in [0, 0.05) is 19.5 Å². The van der Waals surface area contributed by atoms with Gasteiger partial charge in [-0.05, 0) is 57.3 Å². The van der Waals surface area contributed by atoms with Crippen molar-refractivity contribution >= 4 is 6.09 Å². The lowest BCUT2D eigenvalue weighted by Gasteiger charge is -2.18. The predicted octanol–water partition coefficient (Wildman–Crippen LogP) is 3.24. The van der Waals surface area contributed by atoms with Gasteiger partial charge in [0.1, 0.15) is 5.60 Å². The van der Waals surface area contributed by atoms with E-state index in [9.17, 15) is 4.79 Å². The zero-order valence-electron chi connectivity index (χ0n) is 13.8. The lowest BCUT2D eigenvalue weighted by atomic mass is 10.2. The molecule has 21 heavy (non-hydrogen) atoms. The molecule has 0 amide bonds. The molecule has 2 spiro atoms. The number of nitrogens with zero attached hydrogens (tertiary/aromatic N) is 2. The van der Waals surface area contributed by atoms with Crippen molar-refractivity contribution in [1.29, 1.82) is 0 Å². The second-order valence-electron chi connectivity index (χ2n) is 7.51. The number of aromatic nitrogens is 2. The Morgan fingerprint density at radius 2 is 2.05 bits per heavy atom. The first-order valence-corrected chi connectivity index (χ1v) is 7.65. The minimum Gasteiger partial charge on any atom is -0.476 e. The molecule has 0 radical (unpaired) electrons. The first-order valence-electron chi connectivity index (χ1n) is 8.15. The molecule has 3 saturated carbocycles. The Morgan fingerprint density at radius 1 is 1.43 bits per heavy atom. The van der Waals surface area contributed by atoms with Crippen LogP contribution in [0.25, 0.3) is 0 Å². The van der Waals surface area contributed by atoms with Crippen LogP contribution in [-0.2, 0) is 4.74 Å². The molecule has 0 bridgehead atoms. The standard InChI is InChI=1S/C16H22N2O3/c1-14(2,3)21-13(19)18-9-4-12(17-18)20-10-11-15(5-6-15)16(11)7-8-16/h4,9,11H,5-8,10H2,1-3H3/i11D. The molecule has 0 aliphatic heterocycles. The van der Waals surface area contributed by atoms with E-state index in [2.05, 4.69) is 5.10 Å². The van der Waals surface area contributed by atoms with E-state index >= 15 is 0 Å². The second-order valence-corrected chi connectivity index (χ2v) is 7.51. The van der Waals surface area contributed by atoms with Crippen LogP contribution in [-0.4, -0.2) is 28.1 Å². The molecule has 0 aromatic carbocycles. The molecule has 3 fully saturated rings. The molecule has 1 heterocycles.